The van der Waals surface area contributed by atoms with Crippen LogP contribution in [0.1, 0.15) is 21.8 Å². The largest absolute Gasteiger partial charge is 0.419 e. The van der Waals surface area contributed by atoms with Gasteiger partial charge in [0.25, 0.3) is 5.91 Å². The van der Waals surface area contributed by atoms with Gasteiger partial charge < -0.3 is 20.0 Å². The second-order valence-electron chi connectivity index (χ2n) is 7.34. The van der Waals surface area contributed by atoms with Crippen molar-refractivity contribution in [3.63, 3.8) is 0 Å². The van der Waals surface area contributed by atoms with E-state index >= 15 is 0 Å². The molecule has 0 aliphatic carbocycles. The quantitative estimate of drug-likeness (QED) is 0.686. The Bertz CT molecular complexity index is 1150. The zero-order chi connectivity index (χ0) is 20.5. The molecule has 3 aromatic rings. The first-order chi connectivity index (χ1) is 13.9. The number of nitrogens with one attached hydrogen (secondary N) is 2. The van der Waals surface area contributed by atoms with Gasteiger partial charge in [0.2, 0.25) is 5.91 Å². The summed E-state index contributed by atoms with van der Waals surface area (Å²) in [4.78, 5) is 39.1. The van der Waals surface area contributed by atoms with E-state index < -0.39 is 11.7 Å². The molecular weight excluding hydrogens is 372 g/mol. The number of anilines is 1. The second kappa shape index (κ2) is 7.56. The lowest BCUT2D eigenvalue weighted by Gasteiger charge is -2.24. The van der Waals surface area contributed by atoms with E-state index in [4.69, 9.17) is 4.42 Å². The van der Waals surface area contributed by atoms with E-state index in [1.807, 2.05) is 25.1 Å². The molecule has 1 aromatic heterocycles. The van der Waals surface area contributed by atoms with Crippen LogP contribution in [0.3, 0.4) is 0 Å². The number of oxazole rings is 1. The van der Waals surface area contributed by atoms with E-state index in [0.29, 0.717) is 41.0 Å². The maximum Gasteiger partial charge on any atom is 0.419 e. The van der Waals surface area contributed by atoms with E-state index in [9.17, 15) is 14.4 Å². The summed E-state index contributed by atoms with van der Waals surface area (Å²) < 4.78 is 6.85. The van der Waals surface area contributed by atoms with Gasteiger partial charge in [-0.2, -0.15) is 0 Å². The number of rotatable bonds is 5. The molecule has 29 heavy (non-hydrogen) atoms. The molecule has 4 rings (SSSR count). The Hall–Kier alpha value is -3.39. The Balaban J connectivity index is 1.60. The molecule has 0 saturated heterocycles. The Kier molecular flexibility index (Phi) is 4.94. The Morgan fingerprint density at radius 2 is 2.03 bits per heavy atom. The van der Waals surface area contributed by atoms with Gasteiger partial charge in [-0.1, -0.05) is 18.2 Å². The van der Waals surface area contributed by atoms with Crippen LogP contribution in [0.15, 0.2) is 51.7 Å². The van der Waals surface area contributed by atoms with Gasteiger partial charge >= 0.3 is 5.76 Å². The van der Waals surface area contributed by atoms with Gasteiger partial charge in [0, 0.05) is 30.9 Å². The standard InChI is InChI=1S/C21H22N4O4/c1-24(2)9-10-25-17-11-13(7-8-18(17)29-21(25)28)23-20(27)16-12-22-19(26)15-6-4-3-5-14(15)16/h3-8,11,16H,9-10,12H2,1-2H3,(H,22,26)(H,23,27). The lowest BCUT2D eigenvalue weighted by molar-refractivity contribution is -0.117. The lowest BCUT2D eigenvalue weighted by Crippen LogP contribution is -2.40. The summed E-state index contributed by atoms with van der Waals surface area (Å²) in [5.74, 6) is -1.30. The molecule has 1 unspecified atom stereocenters. The third-order valence-corrected chi connectivity index (χ3v) is 5.07. The number of benzene rings is 2. The molecule has 0 radical (unpaired) electrons. The van der Waals surface area contributed by atoms with E-state index in [0.717, 1.165) is 0 Å². The van der Waals surface area contributed by atoms with Crippen molar-refractivity contribution in [2.24, 2.45) is 0 Å². The van der Waals surface area contributed by atoms with E-state index in [1.165, 1.54) is 0 Å². The van der Waals surface area contributed by atoms with Crippen molar-refractivity contribution in [1.29, 1.82) is 0 Å². The maximum absolute atomic E-state index is 12.9. The highest BCUT2D eigenvalue weighted by Crippen LogP contribution is 2.26. The van der Waals surface area contributed by atoms with Gasteiger partial charge in [-0.3, -0.25) is 14.2 Å². The van der Waals surface area contributed by atoms with Crippen LogP contribution >= 0.6 is 0 Å². The molecule has 0 fully saturated rings. The Morgan fingerprint density at radius 1 is 1.24 bits per heavy atom. The van der Waals surface area contributed by atoms with Crippen LogP contribution in [0.4, 0.5) is 5.69 Å². The number of likely N-dealkylation sites (N-methyl/N-ethyl adjacent to an activating group) is 1. The highest BCUT2D eigenvalue weighted by atomic mass is 16.4. The molecule has 2 aromatic carbocycles. The number of carbonyl (C=O) groups excluding carboxylic acids is 2. The third-order valence-electron chi connectivity index (χ3n) is 5.07. The summed E-state index contributed by atoms with van der Waals surface area (Å²) in [6, 6.07) is 12.2. The first kappa shape index (κ1) is 18.9. The highest BCUT2D eigenvalue weighted by molar-refractivity contribution is 6.04. The van der Waals surface area contributed by atoms with E-state index in [2.05, 4.69) is 10.6 Å². The smallest absolute Gasteiger partial charge is 0.408 e. The van der Waals surface area contributed by atoms with Crippen molar-refractivity contribution < 1.29 is 14.0 Å². The minimum atomic E-state index is -0.486. The minimum Gasteiger partial charge on any atom is -0.408 e. The Labute approximate surface area is 167 Å². The summed E-state index contributed by atoms with van der Waals surface area (Å²) in [5, 5.41) is 5.66. The van der Waals surface area contributed by atoms with Gasteiger partial charge in [-0.15, -0.1) is 0 Å². The second-order valence-corrected chi connectivity index (χ2v) is 7.34. The van der Waals surface area contributed by atoms with Gasteiger partial charge in [-0.05, 0) is 43.9 Å². The first-order valence-corrected chi connectivity index (χ1v) is 9.40. The van der Waals surface area contributed by atoms with Crippen molar-refractivity contribution in [1.82, 2.24) is 14.8 Å². The maximum atomic E-state index is 12.9. The molecule has 8 heteroatoms. The molecule has 2 amide bonds. The summed E-state index contributed by atoms with van der Waals surface area (Å²) in [7, 11) is 3.86. The van der Waals surface area contributed by atoms with Crippen molar-refractivity contribution in [2.75, 3.05) is 32.5 Å². The van der Waals surface area contributed by atoms with Gasteiger partial charge in [0.1, 0.15) is 0 Å². The molecule has 1 atom stereocenters. The van der Waals surface area contributed by atoms with Crippen molar-refractivity contribution in [3.8, 4) is 0 Å². The molecule has 150 valence electrons. The van der Waals surface area contributed by atoms with Crippen LogP contribution in [0.2, 0.25) is 0 Å². The number of nitrogens with zero attached hydrogens (tertiary/aromatic N) is 2. The van der Waals surface area contributed by atoms with Gasteiger partial charge in [0.05, 0.1) is 11.4 Å². The Morgan fingerprint density at radius 3 is 2.83 bits per heavy atom. The van der Waals surface area contributed by atoms with Crippen LogP contribution in [0, 0.1) is 0 Å². The number of hydrogen-bond acceptors (Lipinski definition) is 5. The summed E-state index contributed by atoms with van der Waals surface area (Å²) >= 11 is 0. The van der Waals surface area contributed by atoms with E-state index in [-0.39, 0.29) is 18.4 Å². The van der Waals surface area contributed by atoms with Crippen molar-refractivity contribution in [3.05, 3.63) is 64.1 Å². The number of fused-ring (bicyclic) bond motifs is 2. The number of carbonyl (C=O) groups is 2. The molecule has 0 saturated carbocycles. The third kappa shape index (κ3) is 3.66. The van der Waals surface area contributed by atoms with Crippen LogP contribution in [0.5, 0.6) is 0 Å². The molecule has 2 heterocycles. The van der Waals surface area contributed by atoms with Crippen molar-refractivity contribution in [2.45, 2.75) is 12.5 Å². The van der Waals surface area contributed by atoms with E-state index in [1.54, 1.807) is 41.0 Å². The topological polar surface area (TPSA) is 96.6 Å². The fourth-order valence-electron chi connectivity index (χ4n) is 3.52. The lowest BCUT2D eigenvalue weighted by atomic mass is 9.89. The molecule has 0 spiro atoms. The fourth-order valence-corrected chi connectivity index (χ4v) is 3.52. The number of hydrogen-bond donors (Lipinski definition) is 2. The van der Waals surface area contributed by atoms with Crippen LogP contribution < -0.4 is 16.4 Å². The molecule has 1 aliphatic rings. The van der Waals surface area contributed by atoms with Crippen LogP contribution in [0.25, 0.3) is 11.1 Å². The minimum absolute atomic E-state index is 0.172. The number of aromatic nitrogens is 1. The van der Waals surface area contributed by atoms with Gasteiger partial charge in [-0.25, -0.2) is 4.79 Å². The summed E-state index contributed by atoms with van der Waals surface area (Å²) in [6.07, 6.45) is 0. The predicted molar refractivity (Wildman–Crippen MR) is 109 cm³/mol. The zero-order valence-electron chi connectivity index (χ0n) is 16.3. The zero-order valence-corrected chi connectivity index (χ0v) is 16.3. The summed E-state index contributed by atoms with van der Waals surface area (Å²) in [5.41, 5.74) is 2.90. The molecule has 1 aliphatic heterocycles. The van der Waals surface area contributed by atoms with Crippen molar-refractivity contribution >= 4 is 28.6 Å². The average molecular weight is 394 g/mol. The predicted octanol–water partition coefficient (Wildman–Crippen LogP) is 1.62. The summed E-state index contributed by atoms with van der Waals surface area (Å²) in [6.45, 7) is 1.41. The normalized spacial score (nSPS) is 16.0. The molecule has 0 bridgehead atoms. The molecule has 8 nitrogen and oxygen atoms in total. The molecular formula is C21H22N4O4. The fraction of sp³-hybridized carbons (Fsp3) is 0.286. The van der Waals surface area contributed by atoms with Crippen LogP contribution in [-0.2, 0) is 11.3 Å². The SMILES string of the molecule is CN(C)CCn1c(=O)oc2ccc(NC(=O)C3CNC(=O)c4ccccc43)cc21. The molecule has 2 N–H and O–H groups in total. The van der Waals surface area contributed by atoms with Crippen LogP contribution in [-0.4, -0.2) is 48.5 Å². The monoisotopic (exact) mass is 394 g/mol. The number of amides is 2. The average Bonchev–Trinajstić information content (AvgIpc) is 3.01. The van der Waals surface area contributed by atoms with Gasteiger partial charge in [0.15, 0.2) is 5.58 Å². The highest BCUT2D eigenvalue weighted by Gasteiger charge is 2.30. The first-order valence-electron chi connectivity index (χ1n) is 9.40.